The molecule has 8 nitrogen and oxygen atoms in total. The van der Waals surface area contributed by atoms with Gasteiger partial charge in [0.25, 0.3) is 0 Å². The third-order valence-corrected chi connectivity index (χ3v) is 4.95. The number of thioether (sulfide) groups is 1. The van der Waals surface area contributed by atoms with E-state index in [2.05, 4.69) is 39.0 Å². The lowest BCUT2D eigenvalue weighted by Crippen LogP contribution is -2.50. The molecule has 156 valence electrons. The number of rotatable bonds is 10. The number of nitrogens with one attached hydrogen (secondary N) is 3. The summed E-state index contributed by atoms with van der Waals surface area (Å²) in [6, 6.07) is 0.301. The maximum Gasteiger partial charge on any atom is 0.243 e. The van der Waals surface area contributed by atoms with Crippen molar-refractivity contribution in [3.63, 3.8) is 0 Å². The number of guanidine groups is 1. The molecule has 3 N–H and O–H groups in total. The number of piperidine rings is 1. The van der Waals surface area contributed by atoms with Crippen LogP contribution in [0.15, 0.2) is 4.99 Å². The van der Waals surface area contributed by atoms with Gasteiger partial charge >= 0.3 is 0 Å². The number of carbonyl (C=O) groups excluding carboxylic acids is 2. The highest BCUT2D eigenvalue weighted by Gasteiger charge is 2.21. The van der Waals surface area contributed by atoms with Crippen molar-refractivity contribution in [2.75, 3.05) is 65.4 Å². The summed E-state index contributed by atoms with van der Waals surface area (Å²) in [7, 11) is 3.47. The van der Waals surface area contributed by atoms with Gasteiger partial charge in [-0.25, -0.2) is 4.99 Å². The van der Waals surface area contributed by atoms with E-state index in [-0.39, 0.29) is 18.4 Å². The Hall–Kier alpha value is -1.48. The van der Waals surface area contributed by atoms with Crippen molar-refractivity contribution in [2.45, 2.75) is 32.2 Å². The number of carbonyl (C=O) groups is 2. The predicted molar refractivity (Wildman–Crippen MR) is 113 cm³/mol. The molecular formula is C18H36N6O2S. The quantitative estimate of drug-likeness (QED) is 0.271. The normalized spacial score (nSPS) is 16.1. The van der Waals surface area contributed by atoms with Crippen molar-refractivity contribution >= 4 is 29.5 Å². The monoisotopic (exact) mass is 400 g/mol. The maximum atomic E-state index is 11.8. The first kappa shape index (κ1) is 23.6. The minimum absolute atomic E-state index is 0.0196. The second-order valence-electron chi connectivity index (χ2n) is 6.92. The summed E-state index contributed by atoms with van der Waals surface area (Å²) in [5.74, 6) is 1.76. The Kier molecular flexibility index (Phi) is 11.9. The first-order chi connectivity index (χ1) is 13.0. The number of likely N-dealkylation sites (N-methyl/N-ethyl adjacent to an activating group) is 1. The fraction of sp³-hybridized carbons (Fsp3) is 0.833. The highest BCUT2D eigenvalue weighted by Crippen LogP contribution is 2.09. The molecule has 9 heteroatoms. The Morgan fingerprint density at radius 2 is 1.89 bits per heavy atom. The average molecular weight is 401 g/mol. The topological polar surface area (TPSA) is 89.1 Å². The molecule has 1 rings (SSSR count). The smallest absolute Gasteiger partial charge is 0.243 e. The molecule has 0 radical (unpaired) electrons. The molecule has 0 aromatic heterocycles. The van der Waals surface area contributed by atoms with Crippen LogP contribution < -0.4 is 16.0 Å². The van der Waals surface area contributed by atoms with Crippen LogP contribution in [0.2, 0.25) is 0 Å². The lowest BCUT2D eigenvalue weighted by Gasteiger charge is -2.32. The van der Waals surface area contributed by atoms with E-state index in [9.17, 15) is 9.59 Å². The molecule has 1 saturated heterocycles. The summed E-state index contributed by atoms with van der Waals surface area (Å²) in [5.41, 5.74) is 0. The van der Waals surface area contributed by atoms with Crippen LogP contribution in [-0.2, 0) is 9.59 Å². The summed E-state index contributed by atoms with van der Waals surface area (Å²) in [6.45, 7) is 5.96. The van der Waals surface area contributed by atoms with Crippen LogP contribution in [0, 0.1) is 0 Å². The third-order valence-electron chi connectivity index (χ3n) is 4.34. The Labute approximate surface area is 167 Å². The Balaban J connectivity index is 2.45. The number of hydrogen-bond acceptors (Lipinski definition) is 5. The van der Waals surface area contributed by atoms with Crippen molar-refractivity contribution in [2.24, 2.45) is 4.99 Å². The van der Waals surface area contributed by atoms with Crippen molar-refractivity contribution in [3.8, 4) is 0 Å². The van der Waals surface area contributed by atoms with Gasteiger partial charge in [0.2, 0.25) is 11.8 Å². The first-order valence-electron chi connectivity index (χ1n) is 9.69. The molecule has 0 aliphatic carbocycles. The van der Waals surface area contributed by atoms with Crippen molar-refractivity contribution in [1.82, 2.24) is 25.8 Å². The highest BCUT2D eigenvalue weighted by molar-refractivity contribution is 7.98. The number of nitrogens with zero attached hydrogens (tertiary/aromatic N) is 3. The second kappa shape index (κ2) is 13.7. The van der Waals surface area contributed by atoms with Gasteiger partial charge in [0, 0.05) is 52.1 Å². The van der Waals surface area contributed by atoms with E-state index in [4.69, 9.17) is 0 Å². The van der Waals surface area contributed by atoms with Gasteiger partial charge in [0.15, 0.2) is 5.96 Å². The molecule has 1 fully saturated rings. The molecule has 0 spiro atoms. The number of likely N-dealkylation sites (tertiary alicyclic amines) is 1. The van der Waals surface area contributed by atoms with Crippen molar-refractivity contribution < 1.29 is 9.59 Å². The molecule has 0 atom stereocenters. The van der Waals surface area contributed by atoms with E-state index < -0.39 is 0 Å². The van der Waals surface area contributed by atoms with Gasteiger partial charge in [-0.05, 0) is 25.5 Å². The first-order valence-corrected chi connectivity index (χ1v) is 11.1. The molecule has 0 bridgehead atoms. The van der Waals surface area contributed by atoms with Crippen LogP contribution in [0.3, 0.4) is 0 Å². The van der Waals surface area contributed by atoms with E-state index in [0.29, 0.717) is 18.5 Å². The molecule has 27 heavy (non-hydrogen) atoms. The maximum absolute atomic E-state index is 11.8. The molecule has 0 aromatic carbocycles. The molecule has 2 amide bonds. The SMILES string of the molecule is CCCNC(=O)CN1CCC(NC(=NCC(=O)N(C)C)NCCSC)CC1. The van der Waals surface area contributed by atoms with Crippen LogP contribution in [0.4, 0.5) is 0 Å². The van der Waals surface area contributed by atoms with Gasteiger partial charge in [-0.15, -0.1) is 0 Å². The standard InChI is InChI=1S/C18H36N6O2S/c1-5-8-19-16(25)14-24-10-6-15(7-11-24)22-18(20-9-12-27-4)21-13-17(26)23(2)3/h15H,5-14H2,1-4H3,(H,19,25)(H2,20,21,22). The van der Waals surface area contributed by atoms with E-state index >= 15 is 0 Å². The lowest BCUT2D eigenvalue weighted by atomic mass is 10.1. The summed E-state index contributed by atoms with van der Waals surface area (Å²) in [4.78, 5) is 31.8. The molecule has 1 aliphatic rings. The zero-order chi connectivity index (χ0) is 20.1. The summed E-state index contributed by atoms with van der Waals surface area (Å²) in [6.07, 6.45) is 4.92. The molecule has 0 unspecified atom stereocenters. The van der Waals surface area contributed by atoms with Crippen LogP contribution >= 0.6 is 11.8 Å². The van der Waals surface area contributed by atoms with Gasteiger partial charge in [0.1, 0.15) is 6.54 Å². The van der Waals surface area contributed by atoms with Gasteiger partial charge in [-0.3, -0.25) is 14.5 Å². The number of amides is 2. The lowest BCUT2D eigenvalue weighted by molar-refractivity contribution is -0.127. The highest BCUT2D eigenvalue weighted by atomic mass is 32.2. The largest absolute Gasteiger partial charge is 0.356 e. The fourth-order valence-corrected chi connectivity index (χ4v) is 2.97. The van der Waals surface area contributed by atoms with Crippen molar-refractivity contribution in [1.29, 1.82) is 0 Å². The zero-order valence-corrected chi connectivity index (χ0v) is 18.0. The van der Waals surface area contributed by atoms with E-state index in [0.717, 1.165) is 51.2 Å². The van der Waals surface area contributed by atoms with Crippen LogP contribution in [0.1, 0.15) is 26.2 Å². The van der Waals surface area contributed by atoms with Gasteiger partial charge in [-0.2, -0.15) is 11.8 Å². The number of aliphatic imine (C=N–C) groups is 1. The Morgan fingerprint density at radius 1 is 1.19 bits per heavy atom. The van der Waals surface area contributed by atoms with Crippen molar-refractivity contribution in [3.05, 3.63) is 0 Å². The molecule has 0 aromatic rings. The second-order valence-corrected chi connectivity index (χ2v) is 7.90. The fourth-order valence-electron chi connectivity index (χ4n) is 2.66. The zero-order valence-electron chi connectivity index (χ0n) is 17.2. The number of hydrogen-bond donors (Lipinski definition) is 3. The molecule has 0 saturated carbocycles. The summed E-state index contributed by atoms with van der Waals surface area (Å²) < 4.78 is 0. The molecular weight excluding hydrogens is 364 g/mol. The van der Waals surface area contributed by atoms with Gasteiger partial charge in [0.05, 0.1) is 6.54 Å². The summed E-state index contributed by atoms with van der Waals surface area (Å²) in [5, 5.41) is 9.67. The minimum atomic E-state index is -0.0196. The predicted octanol–water partition coefficient (Wildman–Crippen LogP) is -0.0366. The van der Waals surface area contributed by atoms with E-state index in [1.54, 1.807) is 30.8 Å². The van der Waals surface area contributed by atoms with Crippen LogP contribution in [0.5, 0.6) is 0 Å². The minimum Gasteiger partial charge on any atom is -0.356 e. The molecule has 1 heterocycles. The van der Waals surface area contributed by atoms with Gasteiger partial charge < -0.3 is 20.9 Å². The Bertz CT molecular complexity index is 478. The summed E-state index contributed by atoms with van der Waals surface area (Å²) >= 11 is 1.77. The van der Waals surface area contributed by atoms with E-state index in [1.165, 1.54) is 0 Å². The van der Waals surface area contributed by atoms with Gasteiger partial charge in [-0.1, -0.05) is 6.92 Å². The van der Waals surface area contributed by atoms with Crippen LogP contribution in [0.25, 0.3) is 0 Å². The Morgan fingerprint density at radius 3 is 2.48 bits per heavy atom. The van der Waals surface area contributed by atoms with E-state index in [1.807, 2.05) is 0 Å². The third kappa shape index (κ3) is 10.4. The average Bonchev–Trinajstić information content (AvgIpc) is 2.65. The van der Waals surface area contributed by atoms with Crippen LogP contribution in [-0.4, -0.2) is 99.0 Å². The molecule has 1 aliphatic heterocycles.